The van der Waals surface area contributed by atoms with Gasteiger partial charge in [0.05, 0.1) is 17.6 Å². The van der Waals surface area contributed by atoms with E-state index < -0.39 is 0 Å². The minimum atomic E-state index is 0.0296. The van der Waals surface area contributed by atoms with Gasteiger partial charge >= 0.3 is 0 Å². The van der Waals surface area contributed by atoms with Crippen LogP contribution < -0.4 is 10.2 Å². The van der Waals surface area contributed by atoms with E-state index in [9.17, 15) is 4.79 Å². The van der Waals surface area contributed by atoms with Crippen LogP contribution in [0.1, 0.15) is 51.4 Å². The summed E-state index contributed by atoms with van der Waals surface area (Å²) >= 11 is 0. The molecule has 0 aliphatic carbocycles. The molecule has 0 saturated carbocycles. The van der Waals surface area contributed by atoms with E-state index in [1.165, 1.54) is 25.7 Å². The van der Waals surface area contributed by atoms with Gasteiger partial charge in [-0.05, 0) is 55.7 Å². The third kappa shape index (κ3) is 7.30. The van der Waals surface area contributed by atoms with Crippen LogP contribution in [-0.4, -0.2) is 20.9 Å². The number of allylic oxidation sites excluding steroid dienone is 1. The standard InChI is InChI=1S/C26H31N5O/c1-2-3-4-5-6-7-8-9-13-26(32)30-22-14-15-25(29-21-22)31(23-16-19-27-20-17-23)24-12-10-11-18-28-24/h2,10-12,14-21H,1,3-9,13H2,(H,30,32). The second-order valence-corrected chi connectivity index (χ2v) is 7.63. The van der Waals surface area contributed by atoms with Gasteiger partial charge in [0.15, 0.2) is 0 Å². The molecule has 0 spiro atoms. The molecule has 0 radical (unpaired) electrons. The Morgan fingerprint density at radius 3 is 2.31 bits per heavy atom. The van der Waals surface area contributed by atoms with Crippen LogP contribution in [0.15, 0.2) is 79.9 Å². The van der Waals surface area contributed by atoms with E-state index in [4.69, 9.17) is 0 Å². The lowest BCUT2D eigenvalue weighted by Gasteiger charge is -2.22. The molecule has 0 bridgehead atoms. The second-order valence-electron chi connectivity index (χ2n) is 7.63. The van der Waals surface area contributed by atoms with Crippen LogP contribution >= 0.6 is 0 Å². The Morgan fingerprint density at radius 2 is 1.62 bits per heavy atom. The van der Waals surface area contributed by atoms with E-state index in [1.807, 2.05) is 53.4 Å². The van der Waals surface area contributed by atoms with Crippen LogP contribution in [0.3, 0.4) is 0 Å². The van der Waals surface area contributed by atoms with Crippen LogP contribution in [0.2, 0.25) is 0 Å². The van der Waals surface area contributed by atoms with Gasteiger partial charge in [-0.15, -0.1) is 6.58 Å². The van der Waals surface area contributed by atoms with Gasteiger partial charge in [-0.25, -0.2) is 9.97 Å². The van der Waals surface area contributed by atoms with Crippen LogP contribution in [-0.2, 0) is 4.79 Å². The minimum Gasteiger partial charge on any atom is -0.325 e. The number of carbonyl (C=O) groups excluding carboxylic acids is 1. The van der Waals surface area contributed by atoms with E-state index in [0.29, 0.717) is 17.9 Å². The first-order valence-electron chi connectivity index (χ1n) is 11.3. The topological polar surface area (TPSA) is 71.0 Å². The monoisotopic (exact) mass is 429 g/mol. The first kappa shape index (κ1) is 23.1. The molecule has 6 nitrogen and oxygen atoms in total. The molecule has 0 atom stereocenters. The fourth-order valence-corrected chi connectivity index (χ4v) is 3.46. The molecule has 3 rings (SSSR count). The minimum absolute atomic E-state index is 0.0296. The molecule has 0 saturated heterocycles. The number of rotatable bonds is 13. The Bertz CT molecular complexity index is 905. The zero-order chi connectivity index (χ0) is 22.4. The molecule has 1 N–H and O–H groups in total. The Hall–Kier alpha value is -3.54. The molecule has 3 heterocycles. The summed E-state index contributed by atoms with van der Waals surface area (Å²) in [4.78, 5) is 27.4. The number of nitrogens with one attached hydrogen (secondary N) is 1. The van der Waals surface area contributed by atoms with Crippen LogP contribution in [0.4, 0.5) is 23.0 Å². The number of carbonyl (C=O) groups is 1. The Balaban J connectivity index is 1.53. The van der Waals surface area contributed by atoms with Gasteiger partial charge in [0.1, 0.15) is 11.6 Å². The van der Waals surface area contributed by atoms with Crippen molar-refractivity contribution in [1.82, 2.24) is 15.0 Å². The molecule has 3 aromatic heterocycles. The maximum Gasteiger partial charge on any atom is 0.224 e. The maximum atomic E-state index is 12.3. The van der Waals surface area contributed by atoms with Crippen molar-refractivity contribution in [3.8, 4) is 0 Å². The normalized spacial score (nSPS) is 10.5. The summed E-state index contributed by atoms with van der Waals surface area (Å²) in [6.45, 7) is 3.75. The average molecular weight is 430 g/mol. The highest BCUT2D eigenvalue weighted by Crippen LogP contribution is 2.31. The smallest absolute Gasteiger partial charge is 0.224 e. The molecular weight excluding hydrogens is 398 g/mol. The summed E-state index contributed by atoms with van der Waals surface area (Å²) in [5.74, 6) is 1.50. The highest BCUT2D eigenvalue weighted by Gasteiger charge is 2.14. The van der Waals surface area contributed by atoms with Crippen molar-refractivity contribution in [3.05, 3.63) is 79.9 Å². The average Bonchev–Trinajstić information content (AvgIpc) is 2.83. The molecule has 1 amide bonds. The molecule has 3 aromatic rings. The second kappa shape index (κ2) is 13.0. The Kier molecular flexibility index (Phi) is 9.39. The van der Waals surface area contributed by atoms with Crippen molar-refractivity contribution in [3.63, 3.8) is 0 Å². The third-order valence-corrected chi connectivity index (χ3v) is 5.12. The number of aromatic nitrogens is 3. The molecule has 0 aliphatic heterocycles. The molecule has 32 heavy (non-hydrogen) atoms. The first-order chi connectivity index (χ1) is 15.8. The van der Waals surface area contributed by atoms with E-state index in [-0.39, 0.29) is 5.91 Å². The largest absolute Gasteiger partial charge is 0.325 e. The quantitative estimate of drug-likeness (QED) is 0.245. The SMILES string of the molecule is C=CCCCCCCCCC(=O)Nc1ccc(N(c2ccncc2)c2ccccn2)nc1. The fourth-order valence-electron chi connectivity index (χ4n) is 3.46. The number of nitrogens with zero attached hydrogens (tertiary/aromatic N) is 4. The Morgan fingerprint density at radius 1 is 0.875 bits per heavy atom. The van der Waals surface area contributed by atoms with E-state index in [2.05, 4.69) is 26.8 Å². The van der Waals surface area contributed by atoms with Gasteiger partial charge in [0.25, 0.3) is 0 Å². The van der Waals surface area contributed by atoms with E-state index >= 15 is 0 Å². The lowest BCUT2D eigenvalue weighted by molar-refractivity contribution is -0.116. The van der Waals surface area contributed by atoms with Gasteiger partial charge < -0.3 is 5.32 Å². The Labute approximate surface area is 190 Å². The number of hydrogen-bond acceptors (Lipinski definition) is 5. The van der Waals surface area contributed by atoms with Gasteiger partial charge in [-0.3, -0.25) is 14.7 Å². The zero-order valence-electron chi connectivity index (χ0n) is 18.5. The van der Waals surface area contributed by atoms with Crippen molar-refractivity contribution >= 4 is 28.9 Å². The molecule has 0 aromatic carbocycles. The van der Waals surface area contributed by atoms with Gasteiger partial charge in [-0.1, -0.05) is 37.8 Å². The number of hydrogen-bond donors (Lipinski definition) is 1. The summed E-state index contributed by atoms with van der Waals surface area (Å²) in [5, 5.41) is 2.95. The lowest BCUT2D eigenvalue weighted by atomic mass is 10.1. The summed E-state index contributed by atoms with van der Waals surface area (Å²) in [5.41, 5.74) is 1.60. The number of amides is 1. The lowest BCUT2D eigenvalue weighted by Crippen LogP contribution is -2.14. The molecule has 0 unspecified atom stereocenters. The highest BCUT2D eigenvalue weighted by molar-refractivity contribution is 5.90. The predicted molar refractivity (Wildman–Crippen MR) is 130 cm³/mol. The molecule has 0 fully saturated rings. The van der Waals surface area contributed by atoms with Crippen LogP contribution in [0.5, 0.6) is 0 Å². The summed E-state index contributed by atoms with van der Waals surface area (Å²) in [6.07, 6.45) is 17.4. The van der Waals surface area contributed by atoms with E-state index in [1.54, 1.807) is 24.8 Å². The van der Waals surface area contributed by atoms with Crippen LogP contribution in [0, 0.1) is 0 Å². The molecule has 166 valence electrons. The molecular formula is C26H31N5O. The summed E-state index contributed by atoms with van der Waals surface area (Å²) in [7, 11) is 0. The van der Waals surface area contributed by atoms with Crippen molar-refractivity contribution in [1.29, 1.82) is 0 Å². The van der Waals surface area contributed by atoms with Gasteiger partial charge in [-0.2, -0.15) is 0 Å². The first-order valence-corrected chi connectivity index (χ1v) is 11.3. The summed E-state index contributed by atoms with van der Waals surface area (Å²) < 4.78 is 0. The van der Waals surface area contributed by atoms with Gasteiger partial charge in [0, 0.05) is 25.0 Å². The van der Waals surface area contributed by atoms with Crippen molar-refractivity contribution < 1.29 is 4.79 Å². The zero-order valence-corrected chi connectivity index (χ0v) is 18.5. The maximum absolute atomic E-state index is 12.3. The van der Waals surface area contributed by atoms with Gasteiger partial charge in [0.2, 0.25) is 5.91 Å². The third-order valence-electron chi connectivity index (χ3n) is 5.12. The fraction of sp³-hybridized carbons (Fsp3) is 0.308. The highest BCUT2D eigenvalue weighted by atomic mass is 16.1. The van der Waals surface area contributed by atoms with Crippen LogP contribution in [0.25, 0.3) is 0 Å². The molecule has 0 aliphatic rings. The van der Waals surface area contributed by atoms with Crippen molar-refractivity contribution in [2.24, 2.45) is 0 Å². The van der Waals surface area contributed by atoms with E-state index in [0.717, 1.165) is 30.8 Å². The van der Waals surface area contributed by atoms with Crippen molar-refractivity contribution in [2.45, 2.75) is 51.4 Å². The van der Waals surface area contributed by atoms with Crippen molar-refractivity contribution in [2.75, 3.05) is 10.2 Å². The molecule has 6 heteroatoms. The number of pyridine rings is 3. The summed E-state index contributed by atoms with van der Waals surface area (Å²) in [6, 6.07) is 13.3. The number of anilines is 4. The predicted octanol–water partition coefficient (Wildman–Crippen LogP) is 6.59. The number of unbranched alkanes of at least 4 members (excludes halogenated alkanes) is 6.